The molecule has 1 saturated carbocycles. The van der Waals surface area contributed by atoms with Gasteiger partial charge in [0.2, 0.25) is 0 Å². The molecule has 3 aliphatic heterocycles. The van der Waals surface area contributed by atoms with E-state index >= 15 is 0 Å². The first-order valence-corrected chi connectivity index (χ1v) is 18.1. The van der Waals surface area contributed by atoms with Crippen molar-refractivity contribution >= 4 is 51.5 Å². The van der Waals surface area contributed by atoms with E-state index in [1.165, 1.54) is 104 Å². The Balaban J connectivity index is 1.29. The Morgan fingerprint density at radius 1 is 0.551 bits per heavy atom. The molecule has 0 bridgehead atoms. The van der Waals surface area contributed by atoms with E-state index < -0.39 is 0 Å². The van der Waals surface area contributed by atoms with Gasteiger partial charge in [0.15, 0.2) is 0 Å². The van der Waals surface area contributed by atoms with Gasteiger partial charge in [-0.3, -0.25) is 0 Å². The molecule has 0 saturated heterocycles. The summed E-state index contributed by atoms with van der Waals surface area (Å²) in [5.74, 6) is 0. The minimum Gasteiger partial charge on any atom is -0.335 e. The Labute approximate surface area is 291 Å². The second-order valence-electron chi connectivity index (χ2n) is 15.4. The van der Waals surface area contributed by atoms with E-state index in [1.807, 2.05) is 0 Å². The molecule has 238 valence electrons. The van der Waals surface area contributed by atoms with E-state index in [4.69, 9.17) is 0 Å². The van der Waals surface area contributed by atoms with Crippen LogP contribution in [-0.2, 0) is 5.41 Å². The quantitative estimate of drug-likeness (QED) is 0.179. The molecular weight excluding hydrogens is 591 g/mol. The van der Waals surface area contributed by atoms with Crippen LogP contribution in [0.15, 0.2) is 127 Å². The SMILES string of the molecule is Cc1cc2c3c(c1)N1c4c(cc(C)cc4C4(C)CCCCC14C)B3c1ccc(-c3ccccc3)cc1N2c1cccc(-c2ccccc2)c1. The molecule has 10 rings (SSSR count). The fraction of sp³-hybridized carbons (Fsp3) is 0.217. The molecule has 2 unspecified atom stereocenters. The molecule has 1 aliphatic carbocycles. The van der Waals surface area contributed by atoms with Crippen LogP contribution in [0.5, 0.6) is 0 Å². The first-order valence-electron chi connectivity index (χ1n) is 18.1. The zero-order valence-corrected chi connectivity index (χ0v) is 28.9. The van der Waals surface area contributed by atoms with Crippen LogP contribution in [0.3, 0.4) is 0 Å². The van der Waals surface area contributed by atoms with Crippen LogP contribution in [0, 0.1) is 13.8 Å². The summed E-state index contributed by atoms with van der Waals surface area (Å²) in [5, 5.41) is 0. The molecule has 1 fully saturated rings. The summed E-state index contributed by atoms with van der Waals surface area (Å²) in [5.41, 5.74) is 20.4. The van der Waals surface area contributed by atoms with Gasteiger partial charge in [0.25, 0.3) is 6.71 Å². The van der Waals surface area contributed by atoms with Gasteiger partial charge < -0.3 is 9.80 Å². The third kappa shape index (κ3) is 3.90. The lowest BCUT2D eigenvalue weighted by atomic mass is 9.33. The normalized spacial score (nSPS) is 21.2. The van der Waals surface area contributed by atoms with Crippen molar-refractivity contribution in [3.8, 4) is 22.3 Å². The lowest BCUT2D eigenvalue weighted by Crippen LogP contribution is -2.64. The third-order valence-electron chi connectivity index (χ3n) is 12.6. The zero-order valence-electron chi connectivity index (χ0n) is 28.9. The zero-order chi connectivity index (χ0) is 33.1. The van der Waals surface area contributed by atoms with Crippen molar-refractivity contribution in [3.05, 3.63) is 144 Å². The average Bonchev–Trinajstić information content (AvgIpc) is 3.33. The molecule has 6 aromatic carbocycles. The summed E-state index contributed by atoms with van der Waals surface area (Å²) in [6.45, 7) is 9.93. The topological polar surface area (TPSA) is 6.48 Å². The number of nitrogens with zero attached hydrogens (tertiary/aromatic N) is 2. The molecule has 0 aromatic heterocycles. The molecule has 0 N–H and O–H groups in total. The molecule has 2 nitrogen and oxygen atoms in total. The number of hydrogen-bond acceptors (Lipinski definition) is 2. The Hall–Kier alpha value is -5.02. The maximum absolute atomic E-state index is 2.83. The van der Waals surface area contributed by atoms with Gasteiger partial charge in [-0.15, -0.1) is 0 Å². The van der Waals surface area contributed by atoms with Crippen molar-refractivity contribution in [2.75, 3.05) is 9.80 Å². The molecule has 0 amide bonds. The minimum atomic E-state index is 0.0260. The Morgan fingerprint density at radius 3 is 1.96 bits per heavy atom. The second-order valence-corrected chi connectivity index (χ2v) is 15.4. The number of anilines is 5. The second kappa shape index (κ2) is 10.2. The summed E-state index contributed by atoms with van der Waals surface area (Å²) in [4.78, 5) is 5.41. The summed E-state index contributed by atoms with van der Waals surface area (Å²) in [6.07, 6.45) is 5.04. The van der Waals surface area contributed by atoms with Gasteiger partial charge in [-0.25, -0.2) is 0 Å². The molecule has 49 heavy (non-hydrogen) atoms. The van der Waals surface area contributed by atoms with E-state index in [9.17, 15) is 0 Å². The molecule has 6 aromatic rings. The Morgan fingerprint density at radius 2 is 1.20 bits per heavy atom. The fourth-order valence-electron chi connectivity index (χ4n) is 10.2. The number of hydrogen-bond donors (Lipinski definition) is 0. The highest BCUT2D eigenvalue weighted by Crippen LogP contribution is 2.62. The van der Waals surface area contributed by atoms with Crippen LogP contribution in [0.4, 0.5) is 28.4 Å². The summed E-state index contributed by atoms with van der Waals surface area (Å²) >= 11 is 0. The van der Waals surface area contributed by atoms with Crippen molar-refractivity contribution in [2.45, 2.75) is 64.3 Å². The predicted octanol–water partition coefficient (Wildman–Crippen LogP) is 9.99. The van der Waals surface area contributed by atoms with Gasteiger partial charge >= 0.3 is 0 Å². The monoisotopic (exact) mass is 632 g/mol. The largest absolute Gasteiger partial charge is 0.335 e. The van der Waals surface area contributed by atoms with Gasteiger partial charge in [-0.1, -0.05) is 122 Å². The third-order valence-corrected chi connectivity index (χ3v) is 12.6. The van der Waals surface area contributed by atoms with E-state index in [0.29, 0.717) is 0 Å². The number of benzene rings is 6. The first-order chi connectivity index (χ1) is 23.9. The lowest BCUT2D eigenvalue weighted by Gasteiger charge is -2.52. The highest BCUT2D eigenvalue weighted by Gasteiger charge is 2.61. The molecule has 0 radical (unpaired) electrons. The van der Waals surface area contributed by atoms with Crippen LogP contribution in [0.2, 0.25) is 0 Å². The summed E-state index contributed by atoms with van der Waals surface area (Å²) in [7, 11) is 0. The van der Waals surface area contributed by atoms with Crippen LogP contribution < -0.4 is 26.2 Å². The standard InChI is InChI=1S/C46H41BN2/c1-30-24-37-44-39(25-30)47-38-21-20-35(33-16-9-6-10-17-33)29-40(38)48(36-19-13-18-34(28-36)32-14-7-5-8-15-32)41-26-31(2)27-42(43(41)47)49(44)46(4)23-12-11-22-45(37,46)3/h5-10,13-21,24-29H,11-12,22-23H2,1-4H3. The van der Waals surface area contributed by atoms with Crippen LogP contribution >= 0.6 is 0 Å². The van der Waals surface area contributed by atoms with Crippen molar-refractivity contribution in [2.24, 2.45) is 0 Å². The smallest absolute Gasteiger partial charge is 0.252 e. The van der Waals surface area contributed by atoms with Gasteiger partial charge in [-0.05, 0) is 114 Å². The maximum Gasteiger partial charge on any atom is 0.252 e. The summed E-state index contributed by atoms with van der Waals surface area (Å²) in [6, 6.07) is 48.1. The van der Waals surface area contributed by atoms with Crippen molar-refractivity contribution in [1.29, 1.82) is 0 Å². The average molecular weight is 633 g/mol. The van der Waals surface area contributed by atoms with Crippen molar-refractivity contribution in [1.82, 2.24) is 0 Å². The molecular formula is C46H41BN2. The van der Waals surface area contributed by atoms with E-state index in [0.717, 1.165) is 0 Å². The molecule has 3 heterocycles. The van der Waals surface area contributed by atoms with Gasteiger partial charge in [0.05, 0.1) is 5.54 Å². The molecule has 0 spiro atoms. The number of rotatable bonds is 3. The van der Waals surface area contributed by atoms with Gasteiger partial charge in [-0.2, -0.15) is 0 Å². The van der Waals surface area contributed by atoms with Gasteiger partial charge in [0, 0.05) is 33.9 Å². The maximum atomic E-state index is 2.83. The molecule has 2 atom stereocenters. The van der Waals surface area contributed by atoms with Crippen molar-refractivity contribution in [3.63, 3.8) is 0 Å². The predicted molar refractivity (Wildman–Crippen MR) is 209 cm³/mol. The van der Waals surface area contributed by atoms with Crippen LogP contribution in [-0.4, -0.2) is 12.3 Å². The Bertz CT molecular complexity index is 2310. The van der Waals surface area contributed by atoms with Crippen LogP contribution in [0.25, 0.3) is 22.3 Å². The molecule has 4 aliphatic rings. The van der Waals surface area contributed by atoms with Crippen LogP contribution in [0.1, 0.15) is 56.2 Å². The highest BCUT2D eigenvalue weighted by molar-refractivity contribution is 7.00. The fourth-order valence-corrected chi connectivity index (χ4v) is 10.2. The first kappa shape index (κ1) is 28.9. The van der Waals surface area contributed by atoms with Crippen molar-refractivity contribution < 1.29 is 0 Å². The van der Waals surface area contributed by atoms with E-state index in [2.05, 4.69) is 165 Å². The van der Waals surface area contributed by atoms with E-state index in [-0.39, 0.29) is 17.7 Å². The molecule has 3 heteroatoms. The number of fused-ring (bicyclic) bond motifs is 7. The lowest BCUT2D eigenvalue weighted by molar-refractivity contribution is 0.195. The summed E-state index contributed by atoms with van der Waals surface area (Å²) < 4.78 is 0. The van der Waals surface area contributed by atoms with E-state index in [1.54, 1.807) is 5.56 Å². The highest BCUT2D eigenvalue weighted by atomic mass is 15.3. The Kier molecular flexibility index (Phi) is 6.05. The minimum absolute atomic E-state index is 0.0260. The number of aryl methyl sites for hydroxylation is 2. The van der Waals surface area contributed by atoms with Gasteiger partial charge in [0.1, 0.15) is 0 Å².